The number of hydrogen-bond acceptors (Lipinski definition) is 3. The average molecular weight is 231 g/mol. The highest BCUT2D eigenvalue weighted by molar-refractivity contribution is 5.93. The van der Waals surface area contributed by atoms with Gasteiger partial charge in [-0.15, -0.1) is 0 Å². The van der Waals surface area contributed by atoms with Gasteiger partial charge in [0.15, 0.2) is 0 Å². The van der Waals surface area contributed by atoms with Crippen molar-refractivity contribution in [1.29, 1.82) is 0 Å². The van der Waals surface area contributed by atoms with Crippen molar-refractivity contribution in [2.24, 2.45) is 0 Å². The molecule has 0 atom stereocenters. The Balaban J connectivity index is 2.48. The molecule has 0 aliphatic carbocycles. The first-order chi connectivity index (χ1) is 8.26. The Hall–Kier alpha value is -2.23. The van der Waals surface area contributed by atoms with Gasteiger partial charge in [0.25, 0.3) is 0 Å². The molecule has 0 aliphatic rings. The summed E-state index contributed by atoms with van der Waals surface area (Å²) in [6, 6.07) is 9.21. The summed E-state index contributed by atoms with van der Waals surface area (Å²) in [6.07, 6.45) is 3.81. The van der Waals surface area contributed by atoms with Gasteiger partial charge in [0, 0.05) is 18.1 Å². The molecule has 0 fully saturated rings. The molecule has 0 radical (unpaired) electrons. The van der Waals surface area contributed by atoms with Crippen LogP contribution in [0.3, 0.4) is 0 Å². The molecule has 0 saturated carbocycles. The molecule has 0 N–H and O–H groups in total. The highest BCUT2D eigenvalue weighted by Gasteiger charge is 2.13. The summed E-state index contributed by atoms with van der Waals surface area (Å²) in [7, 11) is 2.88. The lowest BCUT2D eigenvalue weighted by Crippen LogP contribution is -2.05. The molecular formula is C13H13NO3. The summed E-state index contributed by atoms with van der Waals surface area (Å²) in [6.45, 7) is 0. The van der Waals surface area contributed by atoms with Gasteiger partial charge in [-0.05, 0) is 30.3 Å². The average Bonchev–Trinajstić information content (AvgIpc) is 2.91. The lowest BCUT2D eigenvalue weighted by molar-refractivity contribution is 0.0597. The van der Waals surface area contributed by atoms with Gasteiger partial charge in [0.05, 0.1) is 14.2 Å². The molecule has 0 bridgehead atoms. The number of carbonyl (C=O) groups excluding carboxylic acids is 1. The second kappa shape index (κ2) is 4.74. The number of aromatic nitrogens is 1. The van der Waals surface area contributed by atoms with E-state index in [0.29, 0.717) is 11.3 Å². The molecule has 0 unspecified atom stereocenters. The molecule has 1 aromatic carbocycles. The number of carbonyl (C=O) groups is 1. The second-order valence-electron chi connectivity index (χ2n) is 3.47. The zero-order valence-electron chi connectivity index (χ0n) is 9.71. The van der Waals surface area contributed by atoms with Gasteiger partial charge in [-0.2, -0.15) is 0 Å². The van der Waals surface area contributed by atoms with Crippen LogP contribution >= 0.6 is 0 Å². The molecule has 2 rings (SSSR count). The third-order valence-corrected chi connectivity index (χ3v) is 2.49. The van der Waals surface area contributed by atoms with Gasteiger partial charge in [-0.3, -0.25) is 0 Å². The van der Waals surface area contributed by atoms with Gasteiger partial charge in [-0.1, -0.05) is 0 Å². The van der Waals surface area contributed by atoms with Crippen molar-refractivity contribution in [3.8, 4) is 11.4 Å². The zero-order chi connectivity index (χ0) is 12.3. The van der Waals surface area contributed by atoms with Crippen molar-refractivity contribution in [1.82, 2.24) is 4.57 Å². The van der Waals surface area contributed by atoms with Crippen molar-refractivity contribution in [2.75, 3.05) is 14.2 Å². The lowest BCUT2D eigenvalue weighted by Gasteiger charge is -2.09. The topological polar surface area (TPSA) is 40.5 Å². The van der Waals surface area contributed by atoms with Crippen LogP contribution in [0.2, 0.25) is 0 Å². The van der Waals surface area contributed by atoms with Crippen molar-refractivity contribution < 1.29 is 14.3 Å². The largest absolute Gasteiger partial charge is 0.496 e. The van der Waals surface area contributed by atoms with Crippen LogP contribution in [0.1, 0.15) is 10.4 Å². The van der Waals surface area contributed by atoms with Gasteiger partial charge >= 0.3 is 5.97 Å². The summed E-state index contributed by atoms with van der Waals surface area (Å²) in [5, 5.41) is 0. The van der Waals surface area contributed by atoms with E-state index in [2.05, 4.69) is 0 Å². The van der Waals surface area contributed by atoms with Gasteiger partial charge in [0.2, 0.25) is 0 Å². The number of benzene rings is 1. The SMILES string of the molecule is COC(=O)c1cc(-n2cccc2)ccc1OC. The smallest absolute Gasteiger partial charge is 0.341 e. The van der Waals surface area contributed by atoms with Crippen molar-refractivity contribution in [3.63, 3.8) is 0 Å². The minimum absolute atomic E-state index is 0.407. The molecule has 4 heteroatoms. The van der Waals surface area contributed by atoms with Gasteiger partial charge < -0.3 is 14.0 Å². The third-order valence-electron chi connectivity index (χ3n) is 2.49. The Morgan fingerprint density at radius 3 is 2.47 bits per heavy atom. The maximum atomic E-state index is 11.6. The first-order valence-corrected chi connectivity index (χ1v) is 5.16. The number of esters is 1. The van der Waals surface area contributed by atoms with Crippen LogP contribution in [-0.4, -0.2) is 24.8 Å². The van der Waals surface area contributed by atoms with E-state index in [0.717, 1.165) is 5.69 Å². The van der Waals surface area contributed by atoms with Crippen LogP contribution in [0.4, 0.5) is 0 Å². The monoisotopic (exact) mass is 231 g/mol. The van der Waals surface area contributed by atoms with Gasteiger partial charge in [0.1, 0.15) is 11.3 Å². The maximum Gasteiger partial charge on any atom is 0.341 e. The molecule has 88 valence electrons. The van der Waals surface area contributed by atoms with Gasteiger partial charge in [-0.25, -0.2) is 4.79 Å². The fourth-order valence-electron chi connectivity index (χ4n) is 1.63. The molecule has 0 spiro atoms. The Kier molecular flexibility index (Phi) is 3.14. The number of ether oxygens (including phenoxy) is 2. The fraction of sp³-hybridized carbons (Fsp3) is 0.154. The highest BCUT2D eigenvalue weighted by Crippen LogP contribution is 2.22. The van der Waals surface area contributed by atoms with E-state index in [4.69, 9.17) is 9.47 Å². The Bertz CT molecular complexity index is 517. The van der Waals surface area contributed by atoms with E-state index in [9.17, 15) is 4.79 Å². The van der Waals surface area contributed by atoms with E-state index in [1.807, 2.05) is 35.2 Å². The van der Waals surface area contributed by atoms with Crippen molar-refractivity contribution in [3.05, 3.63) is 48.3 Å². The normalized spacial score (nSPS) is 10.0. The molecule has 0 saturated heterocycles. The molecule has 0 aliphatic heterocycles. The summed E-state index contributed by atoms with van der Waals surface area (Å²) in [5.74, 6) is 0.101. The van der Waals surface area contributed by atoms with E-state index in [1.54, 1.807) is 12.1 Å². The van der Waals surface area contributed by atoms with Crippen LogP contribution in [0.15, 0.2) is 42.7 Å². The minimum atomic E-state index is -0.407. The highest BCUT2D eigenvalue weighted by atomic mass is 16.5. The van der Waals surface area contributed by atoms with E-state index in [-0.39, 0.29) is 0 Å². The molecule has 4 nitrogen and oxygen atoms in total. The Morgan fingerprint density at radius 2 is 1.88 bits per heavy atom. The van der Waals surface area contributed by atoms with Crippen LogP contribution in [0.5, 0.6) is 5.75 Å². The first-order valence-electron chi connectivity index (χ1n) is 5.16. The molecule has 2 aromatic rings. The predicted molar refractivity (Wildman–Crippen MR) is 63.7 cm³/mol. The molecular weight excluding hydrogens is 218 g/mol. The van der Waals surface area contributed by atoms with E-state index in [1.165, 1.54) is 14.2 Å². The van der Waals surface area contributed by atoms with Crippen LogP contribution in [0, 0.1) is 0 Å². The third kappa shape index (κ3) is 2.15. The van der Waals surface area contributed by atoms with E-state index >= 15 is 0 Å². The first kappa shape index (κ1) is 11.3. The number of rotatable bonds is 3. The quantitative estimate of drug-likeness (QED) is 0.761. The molecule has 1 heterocycles. The standard InChI is InChI=1S/C13H13NO3/c1-16-12-6-5-10(14-7-3-4-8-14)9-11(12)13(15)17-2/h3-9H,1-2H3. The lowest BCUT2D eigenvalue weighted by atomic mass is 10.1. The Labute approximate surface area is 99.4 Å². The number of methoxy groups -OCH3 is 2. The summed E-state index contributed by atoms with van der Waals surface area (Å²) in [4.78, 5) is 11.6. The van der Waals surface area contributed by atoms with Crippen LogP contribution < -0.4 is 4.74 Å². The summed E-state index contributed by atoms with van der Waals surface area (Å²) < 4.78 is 11.8. The minimum Gasteiger partial charge on any atom is -0.496 e. The zero-order valence-corrected chi connectivity index (χ0v) is 9.71. The van der Waals surface area contributed by atoms with Crippen LogP contribution in [-0.2, 0) is 4.74 Å². The molecule has 1 aromatic heterocycles. The number of nitrogens with zero attached hydrogens (tertiary/aromatic N) is 1. The predicted octanol–water partition coefficient (Wildman–Crippen LogP) is 2.27. The fourth-order valence-corrected chi connectivity index (χ4v) is 1.63. The van der Waals surface area contributed by atoms with Crippen molar-refractivity contribution in [2.45, 2.75) is 0 Å². The maximum absolute atomic E-state index is 11.6. The van der Waals surface area contributed by atoms with Crippen LogP contribution in [0.25, 0.3) is 5.69 Å². The summed E-state index contributed by atoms with van der Waals surface area (Å²) >= 11 is 0. The molecule has 17 heavy (non-hydrogen) atoms. The molecule has 0 amide bonds. The Morgan fingerprint density at radius 1 is 1.18 bits per heavy atom. The number of hydrogen-bond donors (Lipinski definition) is 0. The van der Waals surface area contributed by atoms with Crippen molar-refractivity contribution >= 4 is 5.97 Å². The summed E-state index contributed by atoms with van der Waals surface area (Å²) in [5.41, 5.74) is 1.30. The van der Waals surface area contributed by atoms with E-state index < -0.39 is 5.97 Å². The second-order valence-corrected chi connectivity index (χ2v) is 3.47.